The molecule has 1 aromatic rings. The molecule has 0 aliphatic carbocycles. The van der Waals surface area contributed by atoms with Crippen LogP contribution in [-0.2, 0) is 20.9 Å². The van der Waals surface area contributed by atoms with Crippen molar-refractivity contribution in [3.63, 3.8) is 0 Å². The number of halogens is 1. The van der Waals surface area contributed by atoms with E-state index in [0.717, 1.165) is 5.56 Å². The second kappa shape index (κ2) is 10.9. The molecule has 0 aliphatic rings. The molecular weight excluding hydrogens is 308 g/mol. The number of carbonyl (C=O) groups excluding carboxylic acids is 2. The molecule has 0 fully saturated rings. The normalized spacial score (nSPS) is 11.3. The molecule has 124 valence electrons. The molecule has 1 amide bonds. The molecule has 0 heterocycles. The van der Waals surface area contributed by atoms with E-state index in [2.05, 4.69) is 11.1 Å². The highest BCUT2D eigenvalue weighted by molar-refractivity contribution is 5.81. The van der Waals surface area contributed by atoms with Gasteiger partial charge in [0.05, 0.1) is 0 Å². The zero-order valence-electron chi connectivity index (χ0n) is 12.9. The van der Waals surface area contributed by atoms with Gasteiger partial charge in [0.15, 0.2) is 0 Å². The Morgan fingerprint density at radius 1 is 1.18 bits per heavy atom. The van der Waals surface area contributed by atoms with Gasteiger partial charge in [-0.15, -0.1) is 0 Å². The van der Waals surface area contributed by atoms with Crippen molar-refractivity contribution in [3.05, 3.63) is 35.9 Å². The number of alkyl carbamates (subject to hydrolysis) is 1. The number of esters is 1. The second-order valence-electron chi connectivity index (χ2n) is 4.95. The molecule has 1 rings (SSSR count). The van der Waals surface area contributed by atoms with Gasteiger partial charge >= 0.3 is 12.1 Å². The van der Waals surface area contributed by atoms with E-state index >= 15 is 0 Å². The third-order valence-electron chi connectivity index (χ3n) is 2.80. The van der Waals surface area contributed by atoms with E-state index in [9.17, 15) is 9.59 Å². The molecule has 0 saturated heterocycles. The summed E-state index contributed by atoms with van der Waals surface area (Å²) in [6.45, 7) is 4.55. The van der Waals surface area contributed by atoms with Gasteiger partial charge in [-0.05, 0) is 11.5 Å². The summed E-state index contributed by atoms with van der Waals surface area (Å²) in [6, 6.07) is 8.61. The fourth-order valence-electron chi connectivity index (χ4n) is 1.65. The van der Waals surface area contributed by atoms with Crippen LogP contribution in [0.5, 0.6) is 0 Å². The van der Waals surface area contributed by atoms with Crippen LogP contribution < -0.4 is 23.5 Å². The summed E-state index contributed by atoms with van der Waals surface area (Å²) in [7, 11) is 0. The maximum Gasteiger partial charge on any atom is 0.408 e. The fourth-order valence-corrected chi connectivity index (χ4v) is 1.65. The van der Waals surface area contributed by atoms with E-state index in [1.54, 1.807) is 0 Å². The van der Waals surface area contributed by atoms with Crippen molar-refractivity contribution < 1.29 is 37.2 Å². The van der Waals surface area contributed by atoms with Crippen LogP contribution in [0.3, 0.4) is 0 Å². The number of amides is 1. The van der Waals surface area contributed by atoms with Crippen molar-refractivity contribution in [2.45, 2.75) is 26.5 Å². The van der Waals surface area contributed by atoms with E-state index in [0.29, 0.717) is 6.54 Å². The van der Waals surface area contributed by atoms with E-state index in [4.69, 9.17) is 9.47 Å². The third-order valence-corrected chi connectivity index (χ3v) is 2.80. The van der Waals surface area contributed by atoms with Gasteiger partial charge in [-0.25, -0.2) is 9.59 Å². The monoisotopic (exact) mass is 330 g/mol. The van der Waals surface area contributed by atoms with Crippen molar-refractivity contribution in [1.29, 1.82) is 0 Å². The van der Waals surface area contributed by atoms with Crippen LogP contribution in [0, 0.1) is 5.92 Å². The highest BCUT2D eigenvalue weighted by Crippen LogP contribution is 2.06. The summed E-state index contributed by atoms with van der Waals surface area (Å²) in [5.41, 5.74) is 4.48. The predicted octanol–water partition coefficient (Wildman–Crippen LogP) is -2.27. The molecule has 0 aliphatic heterocycles. The van der Waals surface area contributed by atoms with Crippen molar-refractivity contribution >= 4 is 12.1 Å². The number of rotatable bonds is 7. The number of ether oxygens (including phenoxy) is 2. The van der Waals surface area contributed by atoms with Crippen molar-refractivity contribution in [2.75, 3.05) is 13.2 Å². The molecule has 4 N–H and O–H groups in total. The van der Waals surface area contributed by atoms with Crippen LogP contribution in [0.4, 0.5) is 4.79 Å². The Balaban J connectivity index is 0.00000441. The van der Waals surface area contributed by atoms with Gasteiger partial charge < -0.3 is 32.9 Å². The fraction of sp³-hybridized carbons (Fsp3) is 0.467. The Labute approximate surface area is 136 Å². The van der Waals surface area contributed by atoms with Gasteiger partial charge in [-0.1, -0.05) is 44.2 Å². The molecule has 7 heteroatoms. The number of nitrogens with one attached hydrogen (secondary N) is 1. The molecule has 0 unspecified atom stereocenters. The predicted molar refractivity (Wildman–Crippen MR) is 77.1 cm³/mol. The van der Waals surface area contributed by atoms with E-state index < -0.39 is 18.1 Å². The molecule has 0 aromatic heterocycles. The SMILES string of the molecule is CC(C)[C@H](NC(=O)OCc1ccccc1)C(=O)OCC[NH3+].[Cl-]. The zero-order valence-corrected chi connectivity index (χ0v) is 13.6. The summed E-state index contributed by atoms with van der Waals surface area (Å²) < 4.78 is 10.1. The van der Waals surface area contributed by atoms with Crippen molar-refractivity contribution in [1.82, 2.24) is 5.32 Å². The minimum Gasteiger partial charge on any atom is -1.00 e. The van der Waals surface area contributed by atoms with E-state index in [1.165, 1.54) is 0 Å². The largest absolute Gasteiger partial charge is 1.00 e. The Kier molecular flexibility index (Phi) is 9.98. The standard InChI is InChI=1S/C15H22N2O4.ClH/c1-11(2)13(14(18)20-9-8-16)17-15(19)21-10-12-6-4-3-5-7-12;/h3-7,11,13H,8-10,16H2,1-2H3,(H,17,19);1H/t13-;/m0./s1. The zero-order chi connectivity index (χ0) is 15.7. The van der Waals surface area contributed by atoms with Crippen LogP contribution in [0.1, 0.15) is 19.4 Å². The van der Waals surface area contributed by atoms with Crippen LogP contribution in [0.15, 0.2) is 30.3 Å². The second-order valence-corrected chi connectivity index (χ2v) is 4.95. The van der Waals surface area contributed by atoms with Gasteiger partial charge in [0, 0.05) is 0 Å². The highest BCUT2D eigenvalue weighted by atomic mass is 35.5. The van der Waals surface area contributed by atoms with Crippen molar-refractivity contribution in [2.24, 2.45) is 5.92 Å². The van der Waals surface area contributed by atoms with Crippen LogP contribution >= 0.6 is 0 Å². The Hall–Kier alpha value is -1.79. The van der Waals surface area contributed by atoms with Crippen LogP contribution in [0.2, 0.25) is 0 Å². The van der Waals surface area contributed by atoms with Crippen molar-refractivity contribution in [3.8, 4) is 0 Å². The molecule has 0 spiro atoms. The molecular formula is C15H23ClN2O4. The summed E-state index contributed by atoms with van der Waals surface area (Å²) in [5.74, 6) is -0.558. The van der Waals surface area contributed by atoms with Gasteiger partial charge in [-0.3, -0.25) is 0 Å². The lowest BCUT2D eigenvalue weighted by molar-refractivity contribution is -0.372. The lowest BCUT2D eigenvalue weighted by Gasteiger charge is -2.20. The minimum atomic E-state index is -0.722. The number of hydrogen-bond donors (Lipinski definition) is 2. The Morgan fingerprint density at radius 2 is 1.82 bits per heavy atom. The van der Waals surface area contributed by atoms with Gasteiger partial charge in [0.1, 0.15) is 25.8 Å². The van der Waals surface area contributed by atoms with Gasteiger partial charge in [0.25, 0.3) is 0 Å². The van der Waals surface area contributed by atoms with Gasteiger partial charge in [0.2, 0.25) is 0 Å². The molecule has 1 atom stereocenters. The minimum absolute atomic E-state index is 0. The average molecular weight is 331 g/mol. The Morgan fingerprint density at radius 3 is 2.36 bits per heavy atom. The van der Waals surface area contributed by atoms with Crippen LogP contribution in [-0.4, -0.2) is 31.3 Å². The number of quaternary nitrogens is 1. The molecule has 22 heavy (non-hydrogen) atoms. The lowest BCUT2D eigenvalue weighted by Crippen LogP contribution is -3.00. The lowest BCUT2D eigenvalue weighted by atomic mass is 10.1. The third kappa shape index (κ3) is 7.28. The maximum absolute atomic E-state index is 11.8. The van der Waals surface area contributed by atoms with E-state index in [-0.39, 0.29) is 31.5 Å². The summed E-state index contributed by atoms with van der Waals surface area (Å²) >= 11 is 0. The average Bonchev–Trinajstić information content (AvgIpc) is 2.49. The number of hydrogen-bond acceptors (Lipinski definition) is 4. The molecule has 0 bridgehead atoms. The first-order valence-corrected chi connectivity index (χ1v) is 6.97. The molecule has 0 radical (unpaired) electrons. The molecule has 0 saturated carbocycles. The topological polar surface area (TPSA) is 92.3 Å². The first-order chi connectivity index (χ1) is 10.0. The Bertz CT molecular complexity index is 454. The summed E-state index contributed by atoms with van der Waals surface area (Å²) in [6.07, 6.45) is -0.635. The number of benzene rings is 1. The highest BCUT2D eigenvalue weighted by Gasteiger charge is 2.26. The van der Waals surface area contributed by atoms with Crippen LogP contribution in [0.25, 0.3) is 0 Å². The molecule has 6 nitrogen and oxygen atoms in total. The first-order valence-electron chi connectivity index (χ1n) is 6.97. The maximum atomic E-state index is 11.8. The number of carbonyl (C=O) groups is 2. The first kappa shape index (κ1) is 20.2. The quantitative estimate of drug-likeness (QED) is 0.551. The molecule has 1 aromatic carbocycles. The van der Waals surface area contributed by atoms with Gasteiger partial charge in [-0.2, -0.15) is 0 Å². The smallest absolute Gasteiger partial charge is 0.408 e. The van der Waals surface area contributed by atoms with E-state index in [1.807, 2.05) is 44.2 Å². The summed E-state index contributed by atoms with van der Waals surface area (Å²) in [4.78, 5) is 23.6. The summed E-state index contributed by atoms with van der Waals surface area (Å²) in [5, 5.41) is 2.54.